The Balaban J connectivity index is 1.94. The molecule has 0 radical (unpaired) electrons. The minimum atomic E-state index is -3.65. The second-order valence-corrected chi connectivity index (χ2v) is 6.23. The van der Waals surface area contributed by atoms with Gasteiger partial charge in [-0.15, -0.1) is 0 Å². The molecule has 1 atom stereocenters. The molecule has 1 aromatic rings. The molecule has 0 N–H and O–H groups in total. The third-order valence-electron chi connectivity index (χ3n) is 4.11. The van der Waals surface area contributed by atoms with Crippen LogP contribution in [0.1, 0.15) is 46.0 Å². The van der Waals surface area contributed by atoms with Gasteiger partial charge in [-0.1, -0.05) is 13.3 Å². The Morgan fingerprint density at radius 1 is 1.15 bits per heavy atom. The van der Waals surface area contributed by atoms with Crippen LogP contribution < -0.4 is 9.47 Å². The third-order valence-corrected chi connectivity index (χ3v) is 4.11. The van der Waals surface area contributed by atoms with Crippen LogP contribution >= 0.6 is 0 Å². The monoisotopic (exact) mass is 376 g/mol. The van der Waals surface area contributed by atoms with Gasteiger partial charge in [0.15, 0.2) is 11.5 Å². The van der Waals surface area contributed by atoms with Crippen molar-refractivity contribution in [1.29, 1.82) is 0 Å². The maximum atomic E-state index is 14.0. The Morgan fingerprint density at radius 3 is 2.46 bits per heavy atom. The van der Waals surface area contributed by atoms with E-state index < -0.39 is 29.9 Å². The highest BCUT2D eigenvalue weighted by Gasteiger charge is 2.34. The molecule has 0 aliphatic carbocycles. The number of hydrogen-bond acceptors (Lipinski definition) is 3. The summed E-state index contributed by atoms with van der Waals surface area (Å²) in [5.41, 5.74) is 0. The number of benzene rings is 1. The van der Waals surface area contributed by atoms with E-state index in [-0.39, 0.29) is 18.8 Å². The van der Waals surface area contributed by atoms with Gasteiger partial charge in [-0.3, -0.25) is 0 Å². The van der Waals surface area contributed by atoms with Crippen LogP contribution in [-0.4, -0.2) is 19.3 Å². The van der Waals surface area contributed by atoms with Gasteiger partial charge in [0.05, 0.1) is 25.4 Å². The molecular weight excluding hydrogens is 352 g/mol. The fraction of sp³-hybridized carbons (Fsp3) is 0.579. The number of ether oxygens (including phenoxy) is 3. The van der Waals surface area contributed by atoms with Crippen molar-refractivity contribution >= 4 is 0 Å². The van der Waals surface area contributed by atoms with E-state index in [0.717, 1.165) is 31.4 Å². The molecule has 7 heteroatoms. The van der Waals surface area contributed by atoms with Crippen molar-refractivity contribution in [2.24, 2.45) is 5.92 Å². The van der Waals surface area contributed by atoms with Gasteiger partial charge in [-0.25, -0.2) is 0 Å². The molecule has 146 valence electrons. The number of rotatable bonds is 9. The zero-order valence-corrected chi connectivity index (χ0v) is 15.0. The van der Waals surface area contributed by atoms with Crippen molar-refractivity contribution in [3.8, 4) is 11.5 Å². The standard InChI is InChI=1S/C19H24F4O3/c1-3-5-13-6-7-14(25-12-13)10-11-19(22,23)26-16-9-8-15(24-4-2)17(20)18(16)21/h7-9,13H,3-6,10-12H2,1-2H3. The molecular formula is C19H24F4O3. The van der Waals surface area contributed by atoms with Crippen LogP contribution in [0.2, 0.25) is 0 Å². The van der Waals surface area contributed by atoms with E-state index in [0.29, 0.717) is 18.3 Å². The lowest BCUT2D eigenvalue weighted by Gasteiger charge is -2.24. The van der Waals surface area contributed by atoms with Crippen molar-refractivity contribution in [2.45, 2.75) is 52.1 Å². The fourth-order valence-electron chi connectivity index (χ4n) is 2.77. The summed E-state index contributed by atoms with van der Waals surface area (Å²) in [6.07, 6.45) is 0.327. The molecule has 0 saturated heterocycles. The van der Waals surface area contributed by atoms with Crippen LogP contribution in [0.5, 0.6) is 11.5 Å². The van der Waals surface area contributed by atoms with E-state index in [9.17, 15) is 17.6 Å². The Labute approximate surface area is 150 Å². The summed E-state index contributed by atoms with van der Waals surface area (Å²) in [4.78, 5) is 0. The highest BCUT2D eigenvalue weighted by Crippen LogP contribution is 2.34. The lowest BCUT2D eigenvalue weighted by Crippen LogP contribution is -2.26. The summed E-state index contributed by atoms with van der Waals surface area (Å²) in [6, 6.07) is 2.00. The first-order valence-corrected chi connectivity index (χ1v) is 8.85. The zero-order valence-electron chi connectivity index (χ0n) is 15.0. The average molecular weight is 376 g/mol. The number of alkyl halides is 2. The predicted molar refractivity (Wildman–Crippen MR) is 89.4 cm³/mol. The van der Waals surface area contributed by atoms with E-state index in [1.54, 1.807) is 6.92 Å². The Kier molecular flexibility index (Phi) is 7.17. The number of halogens is 4. The van der Waals surface area contributed by atoms with Crippen molar-refractivity contribution in [2.75, 3.05) is 13.2 Å². The first-order chi connectivity index (χ1) is 12.4. The van der Waals surface area contributed by atoms with Gasteiger partial charge in [0, 0.05) is 6.42 Å². The van der Waals surface area contributed by atoms with Crippen molar-refractivity contribution in [1.82, 2.24) is 0 Å². The molecule has 0 bridgehead atoms. The largest absolute Gasteiger partial charge is 0.498 e. The third kappa shape index (κ3) is 5.54. The van der Waals surface area contributed by atoms with E-state index >= 15 is 0 Å². The highest BCUT2D eigenvalue weighted by molar-refractivity contribution is 5.35. The quantitative estimate of drug-likeness (QED) is 0.507. The van der Waals surface area contributed by atoms with Gasteiger partial charge in [-0.2, -0.15) is 17.6 Å². The maximum absolute atomic E-state index is 14.0. The van der Waals surface area contributed by atoms with Gasteiger partial charge in [0.1, 0.15) is 0 Å². The molecule has 1 aliphatic heterocycles. The summed E-state index contributed by atoms with van der Waals surface area (Å²) in [6.45, 7) is 4.33. The van der Waals surface area contributed by atoms with Crippen LogP contribution in [0.4, 0.5) is 17.6 Å². The van der Waals surface area contributed by atoms with E-state index in [1.807, 2.05) is 6.08 Å². The molecule has 1 heterocycles. The van der Waals surface area contributed by atoms with Crippen LogP contribution in [0.3, 0.4) is 0 Å². The summed E-state index contributed by atoms with van der Waals surface area (Å²) in [7, 11) is 0. The van der Waals surface area contributed by atoms with Crippen LogP contribution in [0.15, 0.2) is 24.0 Å². The Morgan fingerprint density at radius 2 is 1.85 bits per heavy atom. The van der Waals surface area contributed by atoms with Crippen LogP contribution in [-0.2, 0) is 4.74 Å². The second-order valence-electron chi connectivity index (χ2n) is 6.23. The smallest absolute Gasteiger partial charge is 0.398 e. The van der Waals surface area contributed by atoms with Crippen LogP contribution in [0.25, 0.3) is 0 Å². The first kappa shape index (κ1) is 20.4. The first-order valence-electron chi connectivity index (χ1n) is 8.85. The highest BCUT2D eigenvalue weighted by atomic mass is 19.3. The van der Waals surface area contributed by atoms with Gasteiger partial charge < -0.3 is 14.2 Å². The van der Waals surface area contributed by atoms with Crippen molar-refractivity contribution in [3.05, 3.63) is 35.6 Å². The molecule has 0 fully saturated rings. The molecule has 3 nitrogen and oxygen atoms in total. The molecule has 2 rings (SSSR count). The second kappa shape index (κ2) is 9.14. The molecule has 0 saturated carbocycles. The number of hydrogen-bond donors (Lipinski definition) is 0. The van der Waals surface area contributed by atoms with E-state index in [4.69, 9.17) is 9.47 Å². The minimum Gasteiger partial charge on any atom is -0.498 e. The summed E-state index contributed by atoms with van der Waals surface area (Å²) >= 11 is 0. The molecule has 0 spiro atoms. The summed E-state index contributed by atoms with van der Waals surface area (Å²) < 4.78 is 70.4. The lowest BCUT2D eigenvalue weighted by atomic mass is 9.98. The number of allylic oxidation sites excluding steroid dienone is 2. The predicted octanol–water partition coefficient (Wildman–Crippen LogP) is 5.84. The molecule has 1 aliphatic rings. The van der Waals surface area contributed by atoms with Crippen molar-refractivity contribution in [3.63, 3.8) is 0 Å². The zero-order chi connectivity index (χ0) is 19.2. The normalized spacial score (nSPS) is 17.5. The summed E-state index contributed by atoms with van der Waals surface area (Å²) in [5.74, 6) is -3.13. The van der Waals surface area contributed by atoms with Gasteiger partial charge in [0.25, 0.3) is 0 Å². The van der Waals surface area contributed by atoms with Gasteiger partial charge >= 0.3 is 6.11 Å². The average Bonchev–Trinajstić information content (AvgIpc) is 2.61. The Bertz CT molecular complexity index is 631. The summed E-state index contributed by atoms with van der Waals surface area (Å²) in [5, 5.41) is 0. The van der Waals surface area contributed by atoms with E-state index in [1.165, 1.54) is 0 Å². The Hall–Kier alpha value is -1.92. The minimum absolute atomic E-state index is 0.0347. The molecule has 0 aromatic heterocycles. The molecule has 1 aromatic carbocycles. The van der Waals surface area contributed by atoms with Crippen LogP contribution in [0, 0.1) is 17.6 Å². The van der Waals surface area contributed by atoms with Gasteiger partial charge in [0.2, 0.25) is 11.6 Å². The molecule has 26 heavy (non-hydrogen) atoms. The van der Waals surface area contributed by atoms with Gasteiger partial charge in [-0.05, 0) is 43.9 Å². The fourth-order valence-corrected chi connectivity index (χ4v) is 2.77. The maximum Gasteiger partial charge on any atom is 0.398 e. The molecule has 1 unspecified atom stereocenters. The molecule has 0 amide bonds. The SMILES string of the molecule is CCCC1CC=C(CCC(F)(F)Oc2ccc(OCC)c(F)c2F)OC1. The topological polar surface area (TPSA) is 27.7 Å². The van der Waals surface area contributed by atoms with Crippen molar-refractivity contribution < 1.29 is 31.8 Å². The lowest BCUT2D eigenvalue weighted by molar-refractivity contribution is -0.183. The van der Waals surface area contributed by atoms with E-state index in [2.05, 4.69) is 11.7 Å².